The predicted molar refractivity (Wildman–Crippen MR) is 83.3 cm³/mol. The van der Waals surface area contributed by atoms with Crippen LogP contribution in [0, 0.1) is 17.2 Å². The highest BCUT2D eigenvalue weighted by Crippen LogP contribution is 2.22. The van der Waals surface area contributed by atoms with Crippen LogP contribution in [0.4, 0.5) is 13.2 Å². The van der Waals surface area contributed by atoms with E-state index in [0.29, 0.717) is 43.7 Å². The number of benzene rings is 1. The molecule has 1 aliphatic heterocycles. The summed E-state index contributed by atoms with van der Waals surface area (Å²) in [4.78, 5) is 15.5. The molecule has 24 heavy (non-hydrogen) atoms. The molecule has 1 heterocycles. The molecule has 0 N–H and O–H groups in total. The van der Waals surface area contributed by atoms with E-state index in [-0.39, 0.29) is 11.8 Å². The molecular formula is C17H20F3N3O. The molecule has 1 fully saturated rings. The zero-order valence-corrected chi connectivity index (χ0v) is 13.5. The normalized spacial score (nSPS) is 18.0. The van der Waals surface area contributed by atoms with E-state index in [4.69, 9.17) is 5.26 Å². The number of nitrogens with zero attached hydrogens (tertiary/aromatic N) is 3. The predicted octanol–water partition coefficient (Wildman–Crippen LogP) is 2.90. The molecule has 4 nitrogen and oxygen atoms in total. The Hall–Kier alpha value is -2.07. The third-order valence-electron chi connectivity index (χ3n) is 4.20. The Bertz CT molecular complexity index is 607. The standard InChI is InChI=1S/C17H20F3N3O/c1-2-22(12-17(18,19)20)10-14-7-8-23(11-14)16(24)15-5-3-13(9-21)4-6-15/h3-6,14H,2,7-8,10-12H2,1H3. The second kappa shape index (κ2) is 7.67. The van der Waals surface area contributed by atoms with Gasteiger partial charge in [-0.15, -0.1) is 0 Å². The number of alkyl halides is 3. The third kappa shape index (κ3) is 4.96. The minimum Gasteiger partial charge on any atom is -0.338 e. The Balaban J connectivity index is 1.92. The van der Waals surface area contributed by atoms with Crippen LogP contribution >= 0.6 is 0 Å². The number of hydrogen-bond acceptors (Lipinski definition) is 3. The summed E-state index contributed by atoms with van der Waals surface area (Å²) in [7, 11) is 0. The van der Waals surface area contributed by atoms with Gasteiger partial charge in [0.2, 0.25) is 0 Å². The smallest absolute Gasteiger partial charge is 0.338 e. The summed E-state index contributed by atoms with van der Waals surface area (Å²) in [6.07, 6.45) is -3.50. The van der Waals surface area contributed by atoms with Crippen LogP contribution in [0.15, 0.2) is 24.3 Å². The topological polar surface area (TPSA) is 47.3 Å². The summed E-state index contributed by atoms with van der Waals surface area (Å²) in [5.41, 5.74) is 0.980. The molecule has 1 aromatic carbocycles. The zero-order valence-electron chi connectivity index (χ0n) is 13.5. The second-order valence-electron chi connectivity index (χ2n) is 6.04. The van der Waals surface area contributed by atoms with E-state index in [0.717, 1.165) is 0 Å². The summed E-state index contributed by atoms with van der Waals surface area (Å²) in [6.45, 7) is 2.48. The van der Waals surface area contributed by atoms with Gasteiger partial charge in [-0.1, -0.05) is 6.92 Å². The van der Waals surface area contributed by atoms with E-state index in [9.17, 15) is 18.0 Å². The van der Waals surface area contributed by atoms with Crippen molar-refractivity contribution in [1.82, 2.24) is 9.80 Å². The molecule has 130 valence electrons. The highest BCUT2D eigenvalue weighted by Gasteiger charge is 2.33. The van der Waals surface area contributed by atoms with Gasteiger partial charge in [-0.25, -0.2) is 0 Å². The van der Waals surface area contributed by atoms with E-state index in [1.54, 1.807) is 36.1 Å². The molecule has 0 spiro atoms. The lowest BCUT2D eigenvalue weighted by atomic mass is 10.1. The first kappa shape index (κ1) is 18.3. The molecule has 0 radical (unpaired) electrons. The van der Waals surface area contributed by atoms with E-state index >= 15 is 0 Å². The first-order valence-corrected chi connectivity index (χ1v) is 7.91. The first-order chi connectivity index (χ1) is 11.3. The number of nitriles is 1. The summed E-state index contributed by atoms with van der Waals surface area (Å²) < 4.78 is 37.6. The SMILES string of the molecule is CCN(CC1CCN(C(=O)c2ccc(C#N)cc2)C1)CC(F)(F)F. The van der Waals surface area contributed by atoms with Crippen molar-refractivity contribution in [2.45, 2.75) is 19.5 Å². The van der Waals surface area contributed by atoms with Crippen molar-refractivity contribution in [1.29, 1.82) is 5.26 Å². The largest absolute Gasteiger partial charge is 0.401 e. The summed E-state index contributed by atoms with van der Waals surface area (Å²) in [5, 5.41) is 8.77. The van der Waals surface area contributed by atoms with Crippen molar-refractivity contribution in [3.63, 3.8) is 0 Å². The Morgan fingerprint density at radius 3 is 2.58 bits per heavy atom. The molecular weight excluding hydrogens is 319 g/mol. The Kier molecular flexibility index (Phi) is 5.84. The van der Waals surface area contributed by atoms with Crippen molar-refractivity contribution < 1.29 is 18.0 Å². The van der Waals surface area contributed by atoms with E-state index in [2.05, 4.69) is 0 Å². The fourth-order valence-corrected chi connectivity index (χ4v) is 2.96. The van der Waals surface area contributed by atoms with Crippen LogP contribution in [0.5, 0.6) is 0 Å². The van der Waals surface area contributed by atoms with Crippen LogP contribution in [0.25, 0.3) is 0 Å². The maximum atomic E-state index is 12.5. The fourth-order valence-electron chi connectivity index (χ4n) is 2.96. The molecule has 0 aromatic heterocycles. The number of halogens is 3. The number of likely N-dealkylation sites (tertiary alicyclic amines) is 1. The van der Waals surface area contributed by atoms with Gasteiger partial charge >= 0.3 is 6.18 Å². The van der Waals surface area contributed by atoms with Crippen LogP contribution in [-0.2, 0) is 0 Å². The van der Waals surface area contributed by atoms with Crippen molar-refractivity contribution in [2.75, 3.05) is 32.7 Å². The van der Waals surface area contributed by atoms with E-state index in [1.165, 1.54) is 4.90 Å². The monoisotopic (exact) mass is 339 g/mol. The zero-order chi connectivity index (χ0) is 17.7. The Labute approximate surface area is 139 Å². The molecule has 0 bridgehead atoms. The van der Waals surface area contributed by atoms with Gasteiger partial charge in [0.15, 0.2) is 0 Å². The Morgan fingerprint density at radius 2 is 2.04 bits per heavy atom. The molecule has 1 saturated heterocycles. The van der Waals surface area contributed by atoms with Crippen LogP contribution in [-0.4, -0.2) is 54.6 Å². The van der Waals surface area contributed by atoms with Crippen LogP contribution in [0.1, 0.15) is 29.3 Å². The molecule has 0 saturated carbocycles. The van der Waals surface area contributed by atoms with E-state index in [1.807, 2.05) is 6.07 Å². The third-order valence-corrected chi connectivity index (χ3v) is 4.20. The van der Waals surface area contributed by atoms with Gasteiger partial charge < -0.3 is 4.90 Å². The lowest BCUT2D eigenvalue weighted by molar-refractivity contribution is -0.146. The number of carbonyl (C=O) groups excluding carboxylic acids is 1. The molecule has 1 atom stereocenters. The van der Waals surface area contributed by atoms with Crippen molar-refractivity contribution in [3.8, 4) is 6.07 Å². The Morgan fingerprint density at radius 1 is 1.38 bits per heavy atom. The average molecular weight is 339 g/mol. The summed E-state index contributed by atoms with van der Waals surface area (Å²) in [5.74, 6) is -0.0875. The molecule has 1 unspecified atom stereocenters. The lowest BCUT2D eigenvalue weighted by Gasteiger charge is -2.25. The quantitative estimate of drug-likeness (QED) is 0.829. The van der Waals surface area contributed by atoms with Gasteiger partial charge in [0.25, 0.3) is 5.91 Å². The van der Waals surface area contributed by atoms with Gasteiger partial charge in [0, 0.05) is 25.2 Å². The molecule has 1 amide bonds. The van der Waals surface area contributed by atoms with Crippen LogP contribution in [0.2, 0.25) is 0 Å². The maximum Gasteiger partial charge on any atom is 0.401 e. The number of hydrogen-bond donors (Lipinski definition) is 0. The average Bonchev–Trinajstić information content (AvgIpc) is 3.01. The minimum absolute atomic E-state index is 0.0506. The highest BCUT2D eigenvalue weighted by atomic mass is 19.4. The van der Waals surface area contributed by atoms with E-state index < -0.39 is 12.7 Å². The van der Waals surface area contributed by atoms with Crippen molar-refractivity contribution >= 4 is 5.91 Å². The second-order valence-corrected chi connectivity index (χ2v) is 6.04. The highest BCUT2D eigenvalue weighted by molar-refractivity contribution is 5.94. The summed E-state index contributed by atoms with van der Waals surface area (Å²) >= 11 is 0. The molecule has 1 aliphatic rings. The van der Waals surface area contributed by atoms with Crippen LogP contribution in [0.3, 0.4) is 0 Å². The lowest BCUT2D eigenvalue weighted by Crippen LogP contribution is -2.38. The molecule has 0 aliphatic carbocycles. The maximum absolute atomic E-state index is 12.5. The minimum atomic E-state index is -4.20. The number of rotatable bonds is 5. The van der Waals surface area contributed by atoms with Gasteiger partial charge in [-0.3, -0.25) is 9.69 Å². The molecule has 7 heteroatoms. The van der Waals surface area contributed by atoms with Crippen molar-refractivity contribution in [2.24, 2.45) is 5.92 Å². The fraction of sp³-hybridized carbons (Fsp3) is 0.529. The molecule has 2 rings (SSSR count). The van der Waals surface area contributed by atoms with Gasteiger partial charge in [-0.2, -0.15) is 18.4 Å². The molecule has 1 aromatic rings. The first-order valence-electron chi connectivity index (χ1n) is 7.91. The number of amides is 1. The van der Waals surface area contributed by atoms with Crippen LogP contribution < -0.4 is 0 Å². The van der Waals surface area contributed by atoms with Gasteiger partial charge in [-0.05, 0) is 43.1 Å². The van der Waals surface area contributed by atoms with Crippen molar-refractivity contribution in [3.05, 3.63) is 35.4 Å². The van der Waals surface area contributed by atoms with Gasteiger partial charge in [0.05, 0.1) is 18.2 Å². The number of carbonyl (C=O) groups is 1. The summed E-state index contributed by atoms with van der Waals surface area (Å²) in [6, 6.07) is 8.38. The van der Waals surface area contributed by atoms with Gasteiger partial charge in [0.1, 0.15) is 0 Å².